The summed E-state index contributed by atoms with van der Waals surface area (Å²) in [6.07, 6.45) is 0.750. The highest BCUT2D eigenvalue weighted by Gasteiger charge is 2.00. The molecule has 0 atom stereocenters. The van der Waals surface area contributed by atoms with Gasteiger partial charge in [0.1, 0.15) is 0 Å². The van der Waals surface area contributed by atoms with E-state index in [0.29, 0.717) is 0 Å². The van der Waals surface area contributed by atoms with Crippen molar-refractivity contribution in [1.29, 1.82) is 5.41 Å². The Bertz CT molecular complexity index is 166. The van der Waals surface area contributed by atoms with E-state index in [-0.39, 0.29) is 0 Å². The molecule has 13 heavy (non-hydrogen) atoms. The van der Waals surface area contributed by atoms with Crippen LogP contribution in [-0.4, -0.2) is 35.7 Å². The summed E-state index contributed by atoms with van der Waals surface area (Å²) in [5.41, 5.74) is 4.39. The highest BCUT2D eigenvalue weighted by Crippen LogP contribution is 2.26. The summed E-state index contributed by atoms with van der Waals surface area (Å²) in [7, 11) is -9.28. The Balaban J connectivity index is -0.000000120. The molecule has 0 amide bonds. The van der Waals surface area contributed by atoms with Gasteiger partial charge in [-0.25, -0.2) is 9.13 Å². The van der Waals surface area contributed by atoms with E-state index in [0.717, 1.165) is 6.34 Å². The molecule has 0 aliphatic carbocycles. The van der Waals surface area contributed by atoms with E-state index < -0.39 is 15.6 Å². The zero-order chi connectivity index (χ0) is 11.7. The maximum absolute atomic E-state index is 8.88. The third-order valence-electron chi connectivity index (χ3n) is 0. The minimum atomic E-state index is -4.64. The Morgan fingerprint density at radius 2 is 0.923 bits per heavy atom. The molecule has 0 unspecified atom stereocenters. The van der Waals surface area contributed by atoms with Gasteiger partial charge in [-0.1, -0.05) is 0 Å². The van der Waals surface area contributed by atoms with Crippen LogP contribution in [0.2, 0.25) is 0 Å². The number of nitrogens with one attached hydrogen (secondary N) is 1. The third kappa shape index (κ3) is 11400. The molecule has 0 rings (SSSR count). The number of hydrogen-bond donors (Lipinski definition) is 8. The molecule has 0 fully saturated rings. The molecule has 0 saturated carbocycles. The quantitative estimate of drug-likeness (QED) is 0.130. The van der Waals surface area contributed by atoms with Gasteiger partial charge in [-0.3, -0.25) is 5.41 Å². The van der Waals surface area contributed by atoms with E-state index in [9.17, 15) is 0 Å². The number of hydrogen-bond acceptors (Lipinski definition) is 3. The molecule has 0 aliphatic rings. The largest absolute Gasteiger partial charge is 0.466 e. The third-order valence-corrected chi connectivity index (χ3v) is 0. The Morgan fingerprint density at radius 3 is 0.923 bits per heavy atom. The molecular formula is CH10N2O8P2. The zero-order valence-electron chi connectivity index (χ0n) is 6.05. The van der Waals surface area contributed by atoms with Crippen molar-refractivity contribution >= 4 is 22.0 Å². The van der Waals surface area contributed by atoms with Crippen LogP contribution < -0.4 is 5.73 Å². The highest BCUT2D eigenvalue weighted by molar-refractivity contribution is 7.45. The van der Waals surface area contributed by atoms with Gasteiger partial charge >= 0.3 is 15.6 Å². The molecular weight excluding hydrogens is 230 g/mol. The van der Waals surface area contributed by atoms with E-state index in [1.54, 1.807) is 0 Å². The smallest absolute Gasteiger partial charge is 0.390 e. The highest BCUT2D eigenvalue weighted by atomic mass is 31.2. The van der Waals surface area contributed by atoms with Crippen LogP contribution >= 0.6 is 15.6 Å². The Hall–Kier alpha value is -0.310. The van der Waals surface area contributed by atoms with Crippen LogP contribution in [-0.2, 0) is 9.13 Å². The average molecular weight is 240 g/mol. The van der Waals surface area contributed by atoms with E-state index >= 15 is 0 Å². The van der Waals surface area contributed by atoms with Crippen LogP contribution in [0.3, 0.4) is 0 Å². The summed E-state index contributed by atoms with van der Waals surface area (Å²) in [4.78, 5) is 43.1. The zero-order valence-corrected chi connectivity index (χ0v) is 7.84. The standard InChI is InChI=1S/CH4N2.2H3O4P/c2-1-3;2*1-5(2,3)4/h1H,(H3,2,3);2*(H3,1,2,3,4). The summed E-state index contributed by atoms with van der Waals surface area (Å²) in [6, 6.07) is 0. The first-order valence-corrected chi connectivity index (χ1v) is 5.32. The second-order valence-corrected chi connectivity index (χ2v) is 3.25. The van der Waals surface area contributed by atoms with Gasteiger partial charge in [0, 0.05) is 0 Å². The second kappa shape index (κ2) is 8.30. The summed E-state index contributed by atoms with van der Waals surface area (Å²) >= 11 is 0. The van der Waals surface area contributed by atoms with Crippen molar-refractivity contribution in [3.05, 3.63) is 0 Å². The second-order valence-electron chi connectivity index (χ2n) is 1.19. The summed E-state index contributed by atoms with van der Waals surface area (Å²) < 4.78 is 17.8. The van der Waals surface area contributed by atoms with E-state index in [1.807, 2.05) is 0 Å². The van der Waals surface area contributed by atoms with Crippen LogP contribution in [0.4, 0.5) is 0 Å². The molecule has 0 radical (unpaired) electrons. The first-order chi connectivity index (χ1) is 5.41. The van der Waals surface area contributed by atoms with Crippen molar-refractivity contribution < 1.29 is 38.5 Å². The molecule has 0 aromatic rings. The van der Waals surface area contributed by atoms with Crippen molar-refractivity contribution in [2.24, 2.45) is 5.73 Å². The Labute approximate surface area is 72.6 Å². The van der Waals surface area contributed by atoms with Gasteiger partial charge in [0.15, 0.2) is 0 Å². The Kier molecular flexibility index (Phi) is 11.8. The fourth-order valence-electron chi connectivity index (χ4n) is 0. The van der Waals surface area contributed by atoms with E-state index in [4.69, 9.17) is 43.9 Å². The Morgan fingerprint density at radius 1 is 0.923 bits per heavy atom. The lowest BCUT2D eigenvalue weighted by atomic mass is 11.4. The van der Waals surface area contributed by atoms with Crippen LogP contribution in [0.1, 0.15) is 0 Å². The van der Waals surface area contributed by atoms with Crippen molar-refractivity contribution in [2.45, 2.75) is 0 Å². The SMILES string of the molecule is N=CN.O=P(O)(O)O.O=P(O)(O)O. The van der Waals surface area contributed by atoms with Crippen molar-refractivity contribution in [1.82, 2.24) is 0 Å². The molecule has 0 bridgehead atoms. The van der Waals surface area contributed by atoms with Crippen LogP contribution in [0.5, 0.6) is 0 Å². The lowest BCUT2D eigenvalue weighted by molar-refractivity contribution is 0.272. The summed E-state index contributed by atoms with van der Waals surface area (Å²) in [5.74, 6) is 0. The minimum Gasteiger partial charge on any atom is -0.390 e. The van der Waals surface area contributed by atoms with Gasteiger partial charge in [0.2, 0.25) is 0 Å². The fourth-order valence-corrected chi connectivity index (χ4v) is 0. The van der Waals surface area contributed by atoms with Gasteiger partial charge < -0.3 is 35.1 Å². The molecule has 0 aromatic heterocycles. The van der Waals surface area contributed by atoms with Crippen molar-refractivity contribution in [3.8, 4) is 0 Å². The van der Waals surface area contributed by atoms with Gasteiger partial charge in [0.25, 0.3) is 0 Å². The fraction of sp³-hybridized carbons (Fsp3) is 0. The molecule has 0 aliphatic heterocycles. The lowest BCUT2D eigenvalue weighted by Gasteiger charge is -1.82. The number of phosphoric acid groups is 2. The topological polar surface area (TPSA) is 205 Å². The molecule has 0 aromatic carbocycles. The lowest BCUT2D eigenvalue weighted by Crippen LogP contribution is -1.81. The predicted octanol–water partition coefficient (Wildman–Crippen LogP) is -2.31. The summed E-state index contributed by atoms with van der Waals surface area (Å²) in [5, 5.41) is 5.86. The molecule has 0 spiro atoms. The van der Waals surface area contributed by atoms with Crippen LogP contribution in [0.15, 0.2) is 0 Å². The normalized spacial score (nSPS) is 10.0. The van der Waals surface area contributed by atoms with Gasteiger partial charge in [0.05, 0.1) is 6.34 Å². The molecule has 12 heteroatoms. The van der Waals surface area contributed by atoms with Gasteiger partial charge in [-0.05, 0) is 0 Å². The first kappa shape index (κ1) is 18.5. The molecule has 9 N–H and O–H groups in total. The van der Waals surface area contributed by atoms with Gasteiger partial charge in [-0.2, -0.15) is 0 Å². The molecule has 0 saturated heterocycles. The molecule has 10 nitrogen and oxygen atoms in total. The summed E-state index contributed by atoms with van der Waals surface area (Å²) in [6.45, 7) is 0. The maximum atomic E-state index is 8.88. The predicted molar refractivity (Wildman–Crippen MR) is 41.5 cm³/mol. The van der Waals surface area contributed by atoms with E-state index in [1.165, 1.54) is 0 Å². The van der Waals surface area contributed by atoms with Crippen molar-refractivity contribution in [2.75, 3.05) is 0 Å². The number of rotatable bonds is 0. The first-order valence-electron chi connectivity index (χ1n) is 2.19. The van der Waals surface area contributed by atoms with E-state index in [2.05, 4.69) is 5.73 Å². The number of nitrogens with two attached hydrogens (primary N) is 1. The van der Waals surface area contributed by atoms with Crippen LogP contribution in [0.25, 0.3) is 0 Å². The minimum absolute atomic E-state index is 0.750. The van der Waals surface area contributed by atoms with Crippen molar-refractivity contribution in [3.63, 3.8) is 0 Å². The monoisotopic (exact) mass is 240 g/mol. The molecule has 0 heterocycles. The van der Waals surface area contributed by atoms with Crippen LogP contribution in [0, 0.1) is 5.41 Å². The average Bonchev–Trinajstić information content (AvgIpc) is 1.52. The molecule has 82 valence electrons. The maximum Gasteiger partial charge on any atom is 0.466 e. The van der Waals surface area contributed by atoms with Gasteiger partial charge in [-0.15, -0.1) is 0 Å².